The van der Waals surface area contributed by atoms with E-state index >= 15 is 0 Å². The zero-order chi connectivity index (χ0) is 18.6. The van der Waals surface area contributed by atoms with Crippen LogP contribution >= 0.6 is 0 Å². The third kappa shape index (κ3) is 5.02. The Labute approximate surface area is 148 Å². The molecule has 0 saturated carbocycles. The van der Waals surface area contributed by atoms with E-state index in [-0.39, 0.29) is 17.9 Å². The highest BCUT2D eigenvalue weighted by Crippen LogP contribution is 2.21. The molecule has 8 heteroatoms. The molecule has 1 heterocycles. The van der Waals surface area contributed by atoms with Gasteiger partial charge >= 0.3 is 0 Å². The lowest BCUT2D eigenvalue weighted by atomic mass is 10.1. The van der Waals surface area contributed by atoms with Crippen LogP contribution in [0, 0.1) is 6.92 Å². The van der Waals surface area contributed by atoms with Crippen molar-refractivity contribution in [2.75, 3.05) is 13.1 Å². The maximum absolute atomic E-state index is 12.6. The van der Waals surface area contributed by atoms with E-state index in [0.29, 0.717) is 30.8 Å². The molecular weight excluding hydrogens is 342 g/mol. The van der Waals surface area contributed by atoms with Gasteiger partial charge in [-0.05, 0) is 38.8 Å². The van der Waals surface area contributed by atoms with E-state index in [1.54, 1.807) is 31.2 Å². The number of carbonyl (C=O) groups is 2. The van der Waals surface area contributed by atoms with Crippen molar-refractivity contribution in [3.63, 3.8) is 0 Å². The molecule has 25 heavy (non-hydrogen) atoms. The summed E-state index contributed by atoms with van der Waals surface area (Å²) in [5.74, 6) is -0.517. The maximum atomic E-state index is 12.6. The number of nitrogens with one attached hydrogen (secondary N) is 2. The standard InChI is InChI=1S/C17H25N3O4S/c1-12-4-6-16(7-5-12)25(23,24)20-10-8-15(9-11-20)19-17(22)13(2)18-14(3)21/h4-7,13,15H,8-11H2,1-3H3,(H,18,21)(H,19,22)/t13-/m1/s1. The highest BCUT2D eigenvalue weighted by atomic mass is 32.2. The fraction of sp³-hybridized carbons (Fsp3) is 0.529. The fourth-order valence-corrected chi connectivity index (χ4v) is 4.27. The molecule has 7 nitrogen and oxygen atoms in total. The van der Waals surface area contributed by atoms with E-state index < -0.39 is 16.1 Å². The summed E-state index contributed by atoms with van der Waals surface area (Å²) in [4.78, 5) is 23.3. The predicted octanol–water partition coefficient (Wildman–Crippen LogP) is 0.789. The fourth-order valence-electron chi connectivity index (χ4n) is 2.80. The van der Waals surface area contributed by atoms with E-state index in [2.05, 4.69) is 10.6 Å². The summed E-state index contributed by atoms with van der Waals surface area (Å²) < 4.78 is 26.8. The van der Waals surface area contributed by atoms with Crippen molar-refractivity contribution in [1.82, 2.24) is 14.9 Å². The molecule has 1 atom stereocenters. The number of hydrogen-bond donors (Lipinski definition) is 2. The smallest absolute Gasteiger partial charge is 0.243 e. The SMILES string of the molecule is CC(=O)N[C@H](C)C(=O)NC1CCN(S(=O)(=O)c2ccc(C)cc2)CC1. The first-order valence-corrected chi connectivity index (χ1v) is 9.78. The van der Waals surface area contributed by atoms with Gasteiger partial charge in [-0.2, -0.15) is 4.31 Å². The highest BCUT2D eigenvalue weighted by molar-refractivity contribution is 7.89. The van der Waals surface area contributed by atoms with Crippen LogP contribution in [0.3, 0.4) is 0 Å². The van der Waals surface area contributed by atoms with Crippen molar-refractivity contribution in [1.29, 1.82) is 0 Å². The molecule has 1 aromatic carbocycles. The number of nitrogens with zero attached hydrogens (tertiary/aromatic N) is 1. The average molecular weight is 367 g/mol. The predicted molar refractivity (Wildman–Crippen MR) is 94.4 cm³/mol. The van der Waals surface area contributed by atoms with Crippen molar-refractivity contribution < 1.29 is 18.0 Å². The van der Waals surface area contributed by atoms with Crippen LogP contribution in [0.25, 0.3) is 0 Å². The second-order valence-electron chi connectivity index (χ2n) is 6.42. The summed E-state index contributed by atoms with van der Waals surface area (Å²) in [5.41, 5.74) is 1.01. The van der Waals surface area contributed by atoms with Crippen LogP contribution in [0.5, 0.6) is 0 Å². The molecule has 0 spiro atoms. The third-order valence-corrected chi connectivity index (χ3v) is 6.18. The summed E-state index contributed by atoms with van der Waals surface area (Å²) in [7, 11) is -3.50. The van der Waals surface area contributed by atoms with Crippen LogP contribution in [0.4, 0.5) is 0 Å². The molecule has 2 N–H and O–H groups in total. The van der Waals surface area contributed by atoms with E-state index in [1.165, 1.54) is 11.2 Å². The van der Waals surface area contributed by atoms with Crippen molar-refractivity contribution in [2.24, 2.45) is 0 Å². The van der Waals surface area contributed by atoms with E-state index in [9.17, 15) is 18.0 Å². The molecule has 1 saturated heterocycles. The lowest BCUT2D eigenvalue weighted by molar-refractivity contribution is -0.128. The van der Waals surface area contributed by atoms with Crippen LogP contribution in [-0.2, 0) is 19.6 Å². The number of hydrogen-bond acceptors (Lipinski definition) is 4. The second-order valence-corrected chi connectivity index (χ2v) is 8.36. The molecule has 1 fully saturated rings. The van der Waals surface area contributed by atoms with E-state index in [0.717, 1.165) is 5.56 Å². The number of sulfonamides is 1. The Bertz CT molecular complexity index is 723. The van der Waals surface area contributed by atoms with E-state index in [1.807, 2.05) is 6.92 Å². The number of rotatable bonds is 5. The second kappa shape index (κ2) is 7.97. The molecule has 2 rings (SSSR count). The molecule has 0 unspecified atom stereocenters. The molecule has 0 radical (unpaired) electrons. The van der Waals surface area contributed by atoms with Crippen molar-refractivity contribution in [2.45, 2.75) is 50.6 Å². The first-order valence-electron chi connectivity index (χ1n) is 8.34. The van der Waals surface area contributed by atoms with Gasteiger partial charge in [-0.3, -0.25) is 9.59 Å². The first kappa shape index (κ1) is 19.4. The van der Waals surface area contributed by atoms with Gasteiger partial charge in [0.25, 0.3) is 0 Å². The van der Waals surface area contributed by atoms with Crippen LogP contribution in [0.1, 0.15) is 32.3 Å². The van der Waals surface area contributed by atoms with Crippen LogP contribution < -0.4 is 10.6 Å². The highest BCUT2D eigenvalue weighted by Gasteiger charge is 2.30. The van der Waals surface area contributed by atoms with Gasteiger partial charge in [-0.15, -0.1) is 0 Å². The molecular formula is C17H25N3O4S. The topological polar surface area (TPSA) is 95.6 Å². The summed E-state index contributed by atoms with van der Waals surface area (Å²) in [6, 6.07) is 6.10. The summed E-state index contributed by atoms with van der Waals surface area (Å²) in [6.45, 7) is 5.60. The average Bonchev–Trinajstić information content (AvgIpc) is 2.55. The summed E-state index contributed by atoms with van der Waals surface area (Å²) in [6.07, 6.45) is 1.09. The van der Waals surface area contributed by atoms with Gasteiger partial charge in [0.1, 0.15) is 6.04 Å². The number of amides is 2. The van der Waals surface area contributed by atoms with Gasteiger partial charge in [0.15, 0.2) is 0 Å². The number of piperidine rings is 1. The minimum Gasteiger partial charge on any atom is -0.351 e. The molecule has 2 amide bonds. The van der Waals surface area contributed by atoms with Gasteiger partial charge < -0.3 is 10.6 Å². The van der Waals surface area contributed by atoms with Crippen molar-refractivity contribution >= 4 is 21.8 Å². The number of benzene rings is 1. The largest absolute Gasteiger partial charge is 0.351 e. The minimum atomic E-state index is -3.50. The maximum Gasteiger partial charge on any atom is 0.243 e. The molecule has 1 aromatic rings. The Morgan fingerprint density at radius 2 is 1.72 bits per heavy atom. The third-order valence-electron chi connectivity index (χ3n) is 4.27. The Morgan fingerprint density at radius 3 is 2.24 bits per heavy atom. The Balaban J connectivity index is 1.92. The zero-order valence-corrected chi connectivity index (χ0v) is 15.6. The monoisotopic (exact) mass is 367 g/mol. The first-order chi connectivity index (χ1) is 11.7. The normalized spacial score (nSPS) is 17.7. The van der Waals surface area contributed by atoms with Gasteiger partial charge in [0, 0.05) is 26.1 Å². The number of aryl methyl sites for hydroxylation is 1. The van der Waals surface area contributed by atoms with Gasteiger partial charge in [0.05, 0.1) is 4.90 Å². The lowest BCUT2D eigenvalue weighted by Gasteiger charge is -2.32. The van der Waals surface area contributed by atoms with Gasteiger partial charge in [-0.25, -0.2) is 8.42 Å². The Kier molecular flexibility index (Phi) is 6.18. The molecule has 1 aliphatic rings. The molecule has 0 bridgehead atoms. The number of carbonyl (C=O) groups excluding carboxylic acids is 2. The van der Waals surface area contributed by atoms with Gasteiger partial charge in [0.2, 0.25) is 21.8 Å². The molecule has 0 aliphatic carbocycles. The molecule has 138 valence electrons. The summed E-state index contributed by atoms with van der Waals surface area (Å²) >= 11 is 0. The van der Waals surface area contributed by atoms with Crippen molar-refractivity contribution in [3.05, 3.63) is 29.8 Å². The van der Waals surface area contributed by atoms with Crippen LogP contribution in [-0.4, -0.2) is 49.7 Å². The molecule has 0 aromatic heterocycles. The minimum absolute atomic E-state index is 0.0897. The zero-order valence-electron chi connectivity index (χ0n) is 14.8. The Morgan fingerprint density at radius 1 is 1.16 bits per heavy atom. The quantitative estimate of drug-likeness (QED) is 0.804. The lowest BCUT2D eigenvalue weighted by Crippen LogP contribution is -2.51. The van der Waals surface area contributed by atoms with Crippen LogP contribution in [0.2, 0.25) is 0 Å². The van der Waals surface area contributed by atoms with Gasteiger partial charge in [-0.1, -0.05) is 17.7 Å². The van der Waals surface area contributed by atoms with E-state index in [4.69, 9.17) is 0 Å². The van der Waals surface area contributed by atoms with Crippen LogP contribution in [0.15, 0.2) is 29.2 Å². The summed E-state index contributed by atoms with van der Waals surface area (Å²) in [5, 5.41) is 5.40. The Hall–Kier alpha value is -1.93. The molecule has 1 aliphatic heterocycles. The van der Waals surface area contributed by atoms with Crippen molar-refractivity contribution in [3.8, 4) is 0 Å².